The van der Waals surface area contributed by atoms with Crippen LogP contribution in [0, 0.1) is 0 Å². The van der Waals surface area contributed by atoms with Gasteiger partial charge < -0.3 is 9.29 Å². The van der Waals surface area contributed by atoms with Crippen molar-refractivity contribution < 1.29 is 14.1 Å². The topological polar surface area (TPSA) is 74.3 Å². The first-order valence-electron chi connectivity index (χ1n) is 6.37. The lowest BCUT2D eigenvalue weighted by atomic mass is 10.1. The van der Waals surface area contributed by atoms with Crippen LogP contribution in [-0.2, 0) is 20.9 Å². The molecule has 0 saturated carbocycles. The molecule has 112 valence electrons. The van der Waals surface area contributed by atoms with E-state index in [4.69, 9.17) is 4.74 Å². The van der Waals surface area contributed by atoms with Crippen LogP contribution in [0.2, 0.25) is 0 Å². The summed E-state index contributed by atoms with van der Waals surface area (Å²) in [7, 11) is 0. The van der Waals surface area contributed by atoms with Crippen LogP contribution >= 0.6 is 15.9 Å². The summed E-state index contributed by atoms with van der Waals surface area (Å²) in [5.74, 6) is -0.321. The van der Waals surface area contributed by atoms with Gasteiger partial charge in [-0.15, -0.1) is 4.72 Å². The molecule has 0 saturated heterocycles. The van der Waals surface area contributed by atoms with E-state index in [1.54, 1.807) is 25.3 Å². The number of hydrogen-bond acceptors (Lipinski definition) is 5. The van der Waals surface area contributed by atoms with Gasteiger partial charge in [-0.05, 0) is 54.4 Å². The molecule has 0 spiro atoms. The molecule has 20 heavy (non-hydrogen) atoms. The smallest absolute Gasteiger partial charge is 0.307 e. The Morgan fingerprint density at radius 3 is 2.85 bits per heavy atom. The minimum atomic E-state index is -1.22. The normalized spacial score (nSPS) is 14.1. The summed E-state index contributed by atoms with van der Waals surface area (Å²) >= 11 is 2.07. The van der Waals surface area contributed by atoms with Crippen molar-refractivity contribution >= 4 is 33.3 Å². The van der Waals surface area contributed by atoms with E-state index in [0.29, 0.717) is 11.2 Å². The van der Waals surface area contributed by atoms with Crippen LogP contribution in [0.1, 0.15) is 38.8 Å². The fourth-order valence-corrected chi connectivity index (χ4v) is 2.68. The first-order valence-corrected chi connectivity index (χ1v) is 8.38. The van der Waals surface area contributed by atoms with Crippen LogP contribution in [0.4, 0.5) is 0 Å². The third-order valence-corrected chi connectivity index (χ3v) is 4.32. The summed E-state index contributed by atoms with van der Waals surface area (Å²) < 4.78 is 20.6. The predicted octanol–water partition coefficient (Wildman–Crippen LogP) is 2.50. The van der Waals surface area contributed by atoms with Gasteiger partial charge in [0.15, 0.2) is 0 Å². The van der Waals surface area contributed by atoms with Gasteiger partial charge in [-0.25, -0.2) is 4.98 Å². The fourth-order valence-electron chi connectivity index (χ4n) is 1.52. The number of hydrogen-bond donors (Lipinski definition) is 1. The lowest BCUT2D eigenvalue weighted by Crippen LogP contribution is -2.35. The van der Waals surface area contributed by atoms with Crippen LogP contribution in [0.5, 0.6) is 0 Å². The molecule has 1 unspecified atom stereocenters. The Balaban J connectivity index is 2.86. The molecule has 1 N–H and O–H groups in total. The lowest BCUT2D eigenvalue weighted by molar-refractivity contribution is -0.143. The maximum absolute atomic E-state index is 12.0. The molecule has 0 aliphatic carbocycles. The van der Waals surface area contributed by atoms with Gasteiger partial charge in [0.25, 0.3) is 0 Å². The van der Waals surface area contributed by atoms with Crippen molar-refractivity contribution in [3.8, 4) is 0 Å². The largest absolute Gasteiger partial charge is 0.598 e. The number of esters is 1. The molecule has 0 amide bonds. The molecule has 5 nitrogen and oxygen atoms in total. The molecule has 1 aromatic rings. The van der Waals surface area contributed by atoms with Gasteiger partial charge in [0.05, 0.1) is 19.1 Å². The molecule has 1 heterocycles. The van der Waals surface area contributed by atoms with Crippen LogP contribution < -0.4 is 4.72 Å². The van der Waals surface area contributed by atoms with Crippen LogP contribution in [0.15, 0.2) is 22.9 Å². The second-order valence-corrected chi connectivity index (χ2v) is 7.02. The molecular weight excluding hydrogens is 344 g/mol. The van der Waals surface area contributed by atoms with Gasteiger partial charge in [-0.3, -0.25) is 4.79 Å². The fraction of sp³-hybridized carbons (Fsp3) is 0.538. The zero-order valence-corrected chi connectivity index (χ0v) is 14.2. The second-order valence-electron chi connectivity index (χ2n) is 4.44. The van der Waals surface area contributed by atoms with Crippen LogP contribution in [-0.4, -0.2) is 27.4 Å². The molecular formula is C13H19BrN2O3S. The van der Waals surface area contributed by atoms with Gasteiger partial charge >= 0.3 is 5.97 Å². The first-order chi connectivity index (χ1) is 9.43. The molecule has 0 fully saturated rings. The van der Waals surface area contributed by atoms with Gasteiger partial charge in [-0.2, -0.15) is 0 Å². The van der Waals surface area contributed by atoms with Crippen LogP contribution in [0.25, 0.3) is 0 Å². The predicted molar refractivity (Wildman–Crippen MR) is 82.3 cm³/mol. The summed E-state index contributed by atoms with van der Waals surface area (Å²) in [6, 6.07) is 3.23. The number of carbonyl (C=O) groups is 1. The highest BCUT2D eigenvalue weighted by Crippen LogP contribution is 2.21. The van der Waals surface area contributed by atoms with E-state index in [0.717, 1.165) is 5.56 Å². The number of ether oxygens (including phenoxy) is 1. The average molecular weight is 363 g/mol. The van der Waals surface area contributed by atoms with E-state index in [9.17, 15) is 9.35 Å². The number of pyridine rings is 1. The summed E-state index contributed by atoms with van der Waals surface area (Å²) in [5, 5.41) is -0.0371. The third-order valence-electron chi connectivity index (χ3n) is 2.52. The molecule has 0 radical (unpaired) electrons. The minimum absolute atomic E-state index is 0.0371. The summed E-state index contributed by atoms with van der Waals surface area (Å²) in [6.45, 7) is 5.80. The monoisotopic (exact) mass is 362 g/mol. The van der Waals surface area contributed by atoms with Crippen molar-refractivity contribution in [1.29, 1.82) is 0 Å². The summed E-state index contributed by atoms with van der Waals surface area (Å²) in [4.78, 5) is 15.7. The molecule has 7 heteroatoms. The van der Waals surface area contributed by atoms with E-state index in [2.05, 4.69) is 25.6 Å². The molecule has 0 aliphatic rings. The molecule has 0 aromatic carbocycles. The van der Waals surface area contributed by atoms with Crippen molar-refractivity contribution in [3.63, 3.8) is 0 Å². The number of rotatable bonds is 7. The maximum atomic E-state index is 12.0. The lowest BCUT2D eigenvalue weighted by Gasteiger charge is -2.22. The van der Waals surface area contributed by atoms with E-state index in [1.165, 1.54) is 0 Å². The van der Waals surface area contributed by atoms with Crippen LogP contribution in [0.3, 0.4) is 0 Å². The number of carbonyl (C=O) groups excluding carboxylic acids is 1. The number of nitrogens with zero attached hydrogens (tertiary/aromatic N) is 1. The first kappa shape index (κ1) is 17.4. The zero-order valence-electron chi connectivity index (χ0n) is 11.8. The average Bonchev–Trinajstić information content (AvgIpc) is 2.38. The second kappa shape index (κ2) is 8.61. The van der Waals surface area contributed by atoms with E-state index >= 15 is 0 Å². The SMILES string of the molecule is CCOC(=O)C[C@H](N[S+]([O-])C(C)C)c1ccnc(Br)c1. The highest BCUT2D eigenvalue weighted by molar-refractivity contribution is 9.10. The van der Waals surface area contributed by atoms with Crippen molar-refractivity contribution in [1.82, 2.24) is 9.71 Å². The third kappa shape index (κ3) is 5.78. The number of aromatic nitrogens is 1. The Hall–Kier alpha value is -0.630. The summed E-state index contributed by atoms with van der Waals surface area (Å²) in [5.41, 5.74) is 0.842. The van der Waals surface area contributed by atoms with Crippen molar-refractivity contribution in [2.45, 2.75) is 38.5 Å². The maximum Gasteiger partial charge on any atom is 0.307 e. The Morgan fingerprint density at radius 2 is 2.30 bits per heavy atom. The number of nitrogens with one attached hydrogen (secondary N) is 1. The van der Waals surface area contributed by atoms with Gasteiger partial charge in [-0.1, -0.05) is 0 Å². The Morgan fingerprint density at radius 1 is 1.60 bits per heavy atom. The molecule has 0 bridgehead atoms. The molecule has 0 aliphatic heterocycles. The van der Waals surface area contributed by atoms with E-state index in [-0.39, 0.29) is 23.7 Å². The number of halogens is 1. The Labute approximate surface area is 130 Å². The molecule has 1 aromatic heterocycles. The van der Waals surface area contributed by atoms with Crippen molar-refractivity contribution in [2.24, 2.45) is 0 Å². The van der Waals surface area contributed by atoms with Crippen molar-refractivity contribution in [2.75, 3.05) is 6.61 Å². The zero-order chi connectivity index (χ0) is 15.1. The Kier molecular flexibility index (Phi) is 7.50. The molecule has 2 atom stereocenters. The quantitative estimate of drug-likeness (QED) is 0.458. The van der Waals surface area contributed by atoms with Gasteiger partial charge in [0.1, 0.15) is 9.85 Å². The summed E-state index contributed by atoms with van der Waals surface area (Å²) in [6.07, 6.45) is 1.76. The highest BCUT2D eigenvalue weighted by atomic mass is 79.9. The van der Waals surface area contributed by atoms with Gasteiger partial charge in [0, 0.05) is 17.6 Å². The molecule has 1 rings (SSSR count). The Bertz CT molecular complexity index is 445. The van der Waals surface area contributed by atoms with E-state index in [1.807, 2.05) is 13.8 Å². The van der Waals surface area contributed by atoms with Crippen molar-refractivity contribution in [3.05, 3.63) is 28.5 Å². The highest BCUT2D eigenvalue weighted by Gasteiger charge is 2.24. The standard InChI is InChI=1S/C13H19BrN2O3S/c1-4-19-13(17)8-11(16-20(18)9(2)3)10-5-6-15-12(14)7-10/h5-7,9,11,16H,4,8H2,1-3H3/t11-,20?/m0/s1. The van der Waals surface area contributed by atoms with E-state index < -0.39 is 11.4 Å². The minimum Gasteiger partial charge on any atom is -0.598 e. The van der Waals surface area contributed by atoms with Gasteiger partial charge in [0.2, 0.25) is 0 Å².